The Morgan fingerprint density at radius 2 is 2.12 bits per heavy atom. The summed E-state index contributed by atoms with van der Waals surface area (Å²) in [5, 5.41) is 4.85. The van der Waals surface area contributed by atoms with Crippen LogP contribution in [0, 0.1) is 5.92 Å². The Morgan fingerprint density at radius 3 is 2.80 bits per heavy atom. The molecule has 0 bridgehead atoms. The van der Waals surface area contributed by atoms with Crippen LogP contribution in [-0.2, 0) is 11.3 Å². The molecular weight excluding hydrogens is 334 g/mol. The van der Waals surface area contributed by atoms with Crippen LogP contribution in [0.3, 0.4) is 0 Å². The lowest BCUT2D eigenvalue weighted by atomic mass is 10.1. The number of methoxy groups -OCH3 is 1. The molecule has 1 heterocycles. The number of ether oxygens (including phenoxy) is 2. The van der Waals surface area contributed by atoms with Crippen molar-refractivity contribution in [3.8, 4) is 11.5 Å². The Balaban J connectivity index is 1.88. The molecule has 0 fully saturated rings. The second-order valence-corrected chi connectivity index (χ2v) is 7.06. The monoisotopic (exact) mass is 359 g/mol. The topological polar surface area (TPSA) is 47.6 Å². The van der Waals surface area contributed by atoms with Gasteiger partial charge in [0.1, 0.15) is 0 Å². The lowest BCUT2D eigenvalue weighted by Crippen LogP contribution is -2.20. The molecule has 2 rings (SSSR count). The van der Waals surface area contributed by atoms with Crippen LogP contribution in [0.15, 0.2) is 41.8 Å². The van der Waals surface area contributed by atoms with E-state index in [-0.39, 0.29) is 5.91 Å². The van der Waals surface area contributed by atoms with Crippen LogP contribution in [0.4, 0.5) is 0 Å². The van der Waals surface area contributed by atoms with Crippen molar-refractivity contribution < 1.29 is 14.3 Å². The van der Waals surface area contributed by atoms with E-state index in [1.165, 1.54) is 0 Å². The van der Waals surface area contributed by atoms with Gasteiger partial charge in [0.25, 0.3) is 0 Å². The minimum Gasteiger partial charge on any atom is -0.493 e. The fraction of sp³-hybridized carbons (Fsp3) is 0.350. The summed E-state index contributed by atoms with van der Waals surface area (Å²) in [6.07, 6.45) is 4.36. The van der Waals surface area contributed by atoms with Crippen molar-refractivity contribution >= 4 is 23.3 Å². The van der Waals surface area contributed by atoms with Crippen molar-refractivity contribution in [3.05, 3.63) is 52.2 Å². The Hall–Kier alpha value is -2.27. The molecule has 0 aliphatic carbocycles. The molecule has 4 nitrogen and oxygen atoms in total. The SMILES string of the molecule is COc1cc(CNC(=O)/C=C/c2cccs2)ccc1OCCC(C)C. The van der Waals surface area contributed by atoms with Gasteiger partial charge in [0, 0.05) is 17.5 Å². The first-order valence-corrected chi connectivity index (χ1v) is 9.25. The number of benzene rings is 1. The summed E-state index contributed by atoms with van der Waals surface area (Å²) in [5.74, 6) is 1.90. The molecule has 0 saturated carbocycles. The molecule has 1 amide bonds. The largest absolute Gasteiger partial charge is 0.493 e. The molecule has 0 saturated heterocycles. The zero-order valence-corrected chi connectivity index (χ0v) is 15.8. The van der Waals surface area contributed by atoms with Crippen LogP contribution in [0.25, 0.3) is 6.08 Å². The normalized spacial score (nSPS) is 11.0. The molecule has 25 heavy (non-hydrogen) atoms. The third-order valence-electron chi connectivity index (χ3n) is 3.59. The van der Waals surface area contributed by atoms with Gasteiger partial charge in [-0.3, -0.25) is 4.79 Å². The van der Waals surface area contributed by atoms with Crippen LogP contribution in [0.1, 0.15) is 30.7 Å². The standard InChI is InChI=1S/C20H25NO3S/c1-15(2)10-11-24-18-8-6-16(13-19(18)23-3)14-21-20(22)9-7-17-5-4-12-25-17/h4-9,12-13,15H,10-11,14H2,1-3H3,(H,21,22)/b9-7+. The molecular formula is C20H25NO3S. The molecule has 0 unspecified atom stereocenters. The zero-order chi connectivity index (χ0) is 18.1. The van der Waals surface area contributed by atoms with E-state index in [0.717, 1.165) is 22.6 Å². The fourth-order valence-electron chi connectivity index (χ4n) is 2.14. The van der Waals surface area contributed by atoms with Gasteiger partial charge >= 0.3 is 0 Å². The summed E-state index contributed by atoms with van der Waals surface area (Å²) in [6, 6.07) is 9.66. The third-order valence-corrected chi connectivity index (χ3v) is 4.43. The Labute approximate surface area is 153 Å². The summed E-state index contributed by atoms with van der Waals surface area (Å²) in [4.78, 5) is 12.9. The van der Waals surface area contributed by atoms with Gasteiger partial charge in [0.2, 0.25) is 5.91 Å². The molecule has 0 atom stereocenters. The van der Waals surface area contributed by atoms with Crippen LogP contribution >= 0.6 is 11.3 Å². The van der Waals surface area contributed by atoms with Crippen LogP contribution in [0.2, 0.25) is 0 Å². The van der Waals surface area contributed by atoms with Crippen LogP contribution in [-0.4, -0.2) is 19.6 Å². The first-order valence-electron chi connectivity index (χ1n) is 8.37. The molecule has 1 N–H and O–H groups in total. The maximum atomic E-state index is 11.9. The maximum absolute atomic E-state index is 11.9. The number of rotatable bonds is 9. The zero-order valence-electron chi connectivity index (χ0n) is 15.0. The molecule has 1 aromatic heterocycles. The van der Waals surface area contributed by atoms with E-state index in [2.05, 4.69) is 19.2 Å². The van der Waals surface area contributed by atoms with Crippen molar-refractivity contribution in [1.82, 2.24) is 5.32 Å². The average Bonchev–Trinajstić information content (AvgIpc) is 3.12. The van der Waals surface area contributed by atoms with Crippen molar-refractivity contribution in [2.75, 3.05) is 13.7 Å². The molecule has 2 aromatic rings. The average molecular weight is 359 g/mol. The lowest BCUT2D eigenvalue weighted by molar-refractivity contribution is -0.116. The summed E-state index contributed by atoms with van der Waals surface area (Å²) in [6.45, 7) is 5.44. The highest BCUT2D eigenvalue weighted by Gasteiger charge is 2.07. The quantitative estimate of drug-likeness (QED) is 0.670. The maximum Gasteiger partial charge on any atom is 0.244 e. The first-order chi connectivity index (χ1) is 12.1. The van der Waals surface area contributed by atoms with Crippen molar-refractivity contribution in [1.29, 1.82) is 0 Å². The predicted molar refractivity (Wildman–Crippen MR) is 103 cm³/mol. The van der Waals surface area contributed by atoms with Gasteiger partial charge in [-0.15, -0.1) is 11.3 Å². The number of hydrogen-bond acceptors (Lipinski definition) is 4. The predicted octanol–water partition coefficient (Wildman–Crippen LogP) is 4.51. The number of thiophene rings is 1. The second-order valence-electron chi connectivity index (χ2n) is 6.08. The van der Waals surface area contributed by atoms with E-state index >= 15 is 0 Å². The van der Waals surface area contributed by atoms with Gasteiger partial charge in [-0.2, -0.15) is 0 Å². The highest BCUT2D eigenvalue weighted by molar-refractivity contribution is 7.10. The molecule has 134 valence electrons. The van der Waals surface area contributed by atoms with E-state index in [1.807, 2.05) is 41.8 Å². The lowest BCUT2D eigenvalue weighted by Gasteiger charge is -2.13. The highest BCUT2D eigenvalue weighted by atomic mass is 32.1. The minimum absolute atomic E-state index is 0.121. The molecule has 0 aliphatic heterocycles. The number of amides is 1. The fourth-order valence-corrected chi connectivity index (χ4v) is 2.76. The molecule has 0 radical (unpaired) electrons. The minimum atomic E-state index is -0.121. The van der Waals surface area contributed by atoms with Crippen LogP contribution in [0.5, 0.6) is 11.5 Å². The van der Waals surface area contributed by atoms with E-state index in [0.29, 0.717) is 24.8 Å². The van der Waals surface area contributed by atoms with Gasteiger partial charge < -0.3 is 14.8 Å². The Bertz CT molecular complexity index is 693. The van der Waals surface area contributed by atoms with Gasteiger partial charge in [0.15, 0.2) is 11.5 Å². The number of carbonyl (C=O) groups is 1. The molecule has 1 aromatic carbocycles. The van der Waals surface area contributed by atoms with Gasteiger partial charge in [-0.25, -0.2) is 0 Å². The number of nitrogens with one attached hydrogen (secondary N) is 1. The van der Waals surface area contributed by atoms with Crippen LogP contribution < -0.4 is 14.8 Å². The van der Waals surface area contributed by atoms with Crippen molar-refractivity contribution in [2.24, 2.45) is 5.92 Å². The van der Waals surface area contributed by atoms with E-state index in [4.69, 9.17) is 9.47 Å². The molecule has 0 spiro atoms. The molecule has 0 aliphatic rings. The Morgan fingerprint density at radius 1 is 1.28 bits per heavy atom. The summed E-state index contributed by atoms with van der Waals surface area (Å²) in [7, 11) is 1.62. The number of carbonyl (C=O) groups excluding carboxylic acids is 1. The third kappa shape index (κ3) is 6.63. The van der Waals surface area contributed by atoms with Gasteiger partial charge in [-0.1, -0.05) is 26.0 Å². The van der Waals surface area contributed by atoms with Crippen molar-refractivity contribution in [2.45, 2.75) is 26.8 Å². The Kier molecular flexibility index (Phi) is 7.54. The second kappa shape index (κ2) is 9.89. The summed E-state index contributed by atoms with van der Waals surface area (Å²) >= 11 is 1.60. The van der Waals surface area contributed by atoms with Gasteiger partial charge in [-0.05, 0) is 47.6 Å². The van der Waals surface area contributed by atoms with E-state index < -0.39 is 0 Å². The smallest absolute Gasteiger partial charge is 0.244 e. The summed E-state index contributed by atoms with van der Waals surface area (Å²) in [5.41, 5.74) is 0.964. The highest BCUT2D eigenvalue weighted by Crippen LogP contribution is 2.28. The van der Waals surface area contributed by atoms with Crippen molar-refractivity contribution in [3.63, 3.8) is 0 Å². The van der Waals surface area contributed by atoms with E-state index in [9.17, 15) is 4.79 Å². The molecule has 5 heteroatoms. The summed E-state index contributed by atoms with van der Waals surface area (Å²) < 4.78 is 11.2. The number of hydrogen-bond donors (Lipinski definition) is 1. The van der Waals surface area contributed by atoms with Gasteiger partial charge in [0.05, 0.1) is 13.7 Å². The first kappa shape index (κ1) is 19.1. The van der Waals surface area contributed by atoms with E-state index in [1.54, 1.807) is 24.5 Å².